The van der Waals surface area contributed by atoms with Gasteiger partial charge in [-0.3, -0.25) is 9.89 Å². The molecule has 22 heavy (non-hydrogen) atoms. The number of carbonyl (C=O) groups is 1. The molecule has 0 saturated carbocycles. The molecule has 1 N–H and O–H groups in total. The number of amidine groups is 1. The van der Waals surface area contributed by atoms with E-state index < -0.39 is 5.60 Å². The van der Waals surface area contributed by atoms with E-state index >= 15 is 0 Å². The lowest BCUT2D eigenvalue weighted by Crippen LogP contribution is -2.47. The van der Waals surface area contributed by atoms with Gasteiger partial charge in [-0.05, 0) is 38.5 Å². The van der Waals surface area contributed by atoms with Gasteiger partial charge in [0, 0.05) is 18.1 Å². The van der Waals surface area contributed by atoms with Crippen molar-refractivity contribution >= 4 is 23.5 Å². The highest BCUT2D eigenvalue weighted by molar-refractivity contribution is 6.30. The number of nitrogens with one attached hydrogen (secondary N) is 1. The predicted octanol–water partition coefficient (Wildman–Crippen LogP) is 3.08. The maximum absolute atomic E-state index is 12.1. The molecule has 1 aliphatic rings. The van der Waals surface area contributed by atoms with Gasteiger partial charge in [0.1, 0.15) is 11.4 Å². The number of nitrogens with zero attached hydrogens (tertiary/aromatic N) is 2. The van der Waals surface area contributed by atoms with Crippen LogP contribution in [-0.4, -0.2) is 42.1 Å². The zero-order valence-corrected chi connectivity index (χ0v) is 14.0. The molecule has 0 radical (unpaired) electrons. The van der Waals surface area contributed by atoms with Crippen molar-refractivity contribution in [2.75, 3.05) is 19.6 Å². The molecule has 1 aromatic carbocycles. The third-order valence-electron chi connectivity index (χ3n) is 3.07. The number of benzene rings is 1. The Morgan fingerprint density at radius 1 is 1.36 bits per heavy atom. The van der Waals surface area contributed by atoms with Gasteiger partial charge in [-0.15, -0.1) is 0 Å². The van der Waals surface area contributed by atoms with E-state index in [1.165, 1.54) is 0 Å². The monoisotopic (exact) mass is 323 g/mol. The Kier molecular flexibility index (Phi) is 5.29. The second-order valence-corrected chi connectivity index (χ2v) is 6.65. The number of hydrogen-bond donors (Lipinski definition) is 1. The molecule has 0 spiro atoms. The zero-order valence-electron chi connectivity index (χ0n) is 13.2. The van der Waals surface area contributed by atoms with Crippen molar-refractivity contribution in [3.63, 3.8) is 0 Å². The molecule has 0 unspecified atom stereocenters. The lowest BCUT2D eigenvalue weighted by molar-refractivity contribution is 0.0276. The largest absolute Gasteiger partial charge is 0.444 e. The molecule has 1 heterocycles. The van der Waals surface area contributed by atoms with E-state index in [9.17, 15) is 4.79 Å². The van der Waals surface area contributed by atoms with Crippen LogP contribution in [0, 0.1) is 0 Å². The summed E-state index contributed by atoms with van der Waals surface area (Å²) >= 11 is 5.87. The number of carbonyl (C=O) groups excluding carboxylic acids is 1. The van der Waals surface area contributed by atoms with Crippen molar-refractivity contribution in [2.24, 2.45) is 4.99 Å². The normalized spacial score (nSPS) is 15.3. The summed E-state index contributed by atoms with van der Waals surface area (Å²) in [5.41, 5.74) is 0.629. The first-order valence-corrected chi connectivity index (χ1v) is 7.71. The second-order valence-electron chi connectivity index (χ2n) is 6.21. The van der Waals surface area contributed by atoms with Crippen molar-refractivity contribution in [2.45, 2.75) is 32.9 Å². The van der Waals surface area contributed by atoms with Crippen molar-refractivity contribution in [1.82, 2.24) is 10.2 Å². The minimum absolute atomic E-state index is 0.298. The van der Waals surface area contributed by atoms with Crippen LogP contribution in [-0.2, 0) is 11.3 Å². The third kappa shape index (κ3) is 5.22. The van der Waals surface area contributed by atoms with E-state index in [2.05, 4.69) is 10.3 Å². The van der Waals surface area contributed by atoms with Gasteiger partial charge >= 0.3 is 6.09 Å². The molecule has 1 aliphatic heterocycles. The number of halogens is 1. The minimum atomic E-state index is -0.484. The fraction of sp³-hybridized carbons (Fsp3) is 0.500. The Morgan fingerprint density at radius 2 is 2.05 bits per heavy atom. The number of ether oxygens (including phenoxy) is 1. The molecular formula is C16H22ClN3O2. The number of aliphatic imine (C=N–C) groups is 1. The summed E-state index contributed by atoms with van der Waals surface area (Å²) in [6, 6.07) is 7.64. The summed E-state index contributed by atoms with van der Waals surface area (Å²) in [7, 11) is 0. The topological polar surface area (TPSA) is 53.9 Å². The third-order valence-corrected chi connectivity index (χ3v) is 3.33. The lowest BCUT2D eigenvalue weighted by atomic mass is 10.2. The van der Waals surface area contributed by atoms with Crippen LogP contribution < -0.4 is 5.32 Å². The number of hydrogen-bond acceptors (Lipinski definition) is 4. The summed E-state index contributed by atoms with van der Waals surface area (Å²) in [6.07, 6.45) is -0.298. The fourth-order valence-corrected chi connectivity index (χ4v) is 2.14. The van der Waals surface area contributed by atoms with Gasteiger partial charge in [-0.2, -0.15) is 0 Å². The molecule has 0 atom stereocenters. The number of amides is 1. The van der Waals surface area contributed by atoms with Crippen LogP contribution in [0.5, 0.6) is 0 Å². The second kappa shape index (κ2) is 7.01. The van der Waals surface area contributed by atoms with Crippen LogP contribution >= 0.6 is 11.6 Å². The molecule has 120 valence electrons. The van der Waals surface area contributed by atoms with Crippen molar-refractivity contribution in [3.05, 3.63) is 34.9 Å². The highest BCUT2D eigenvalue weighted by Gasteiger charge is 2.24. The molecule has 2 rings (SSSR count). The first-order valence-electron chi connectivity index (χ1n) is 7.33. The van der Waals surface area contributed by atoms with Gasteiger partial charge in [0.25, 0.3) is 0 Å². The van der Waals surface area contributed by atoms with Gasteiger partial charge in [0.05, 0.1) is 13.1 Å². The summed E-state index contributed by atoms with van der Waals surface area (Å²) in [6.45, 7) is 7.86. The van der Waals surface area contributed by atoms with Crippen LogP contribution in [0.15, 0.2) is 29.3 Å². The molecule has 0 aromatic heterocycles. The van der Waals surface area contributed by atoms with Crippen LogP contribution in [0.4, 0.5) is 4.79 Å². The van der Waals surface area contributed by atoms with E-state index in [4.69, 9.17) is 16.3 Å². The van der Waals surface area contributed by atoms with Gasteiger partial charge in [0.2, 0.25) is 0 Å². The molecule has 1 aromatic rings. The minimum Gasteiger partial charge on any atom is -0.444 e. The van der Waals surface area contributed by atoms with Crippen molar-refractivity contribution in [3.8, 4) is 0 Å². The predicted molar refractivity (Wildman–Crippen MR) is 88.4 cm³/mol. The standard InChI is InChI=1S/C16H22ClN3O2/c1-16(2,3)22-15(21)20-9-8-18-14(11-20)19-10-12-4-6-13(17)7-5-12/h4-7H,8-11H2,1-3H3,(H,18,19). The van der Waals surface area contributed by atoms with Crippen LogP contribution in [0.25, 0.3) is 0 Å². The molecular weight excluding hydrogens is 302 g/mol. The smallest absolute Gasteiger partial charge is 0.410 e. The lowest BCUT2D eigenvalue weighted by Gasteiger charge is -2.30. The average Bonchev–Trinajstić information content (AvgIpc) is 2.45. The zero-order chi connectivity index (χ0) is 16.2. The fourth-order valence-electron chi connectivity index (χ4n) is 2.02. The summed E-state index contributed by atoms with van der Waals surface area (Å²) in [4.78, 5) is 18.2. The van der Waals surface area contributed by atoms with E-state index in [0.717, 1.165) is 16.4 Å². The molecule has 1 amide bonds. The maximum atomic E-state index is 12.1. The maximum Gasteiger partial charge on any atom is 0.410 e. The molecule has 0 aliphatic carbocycles. The van der Waals surface area contributed by atoms with Crippen LogP contribution in [0.2, 0.25) is 5.02 Å². The molecule has 6 heteroatoms. The van der Waals surface area contributed by atoms with E-state index in [-0.39, 0.29) is 6.09 Å². The Morgan fingerprint density at radius 3 is 2.68 bits per heavy atom. The van der Waals surface area contributed by atoms with Gasteiger partial charge < -0.3 is 10.1 Å². The SMILES string of the molecule is CC(C)(C)OC(=O)N1CCN=C(NCc2ccc(Cl)cc2)C1. The van der Waals surface area contributed by atoms with E-state index in [1.54, 1.807) is 4.90 Å². The first-order chi connectivity index (χ1) is 10.3. The Bertz CT molecular complexity index is 550. The quantitative estimate of drug-likeness (QED) is 0.910. The highest BCUT2D eigenvalue weighted by atomic mass is 35.5. The highest BCUT2D eigenvalue weighted by Crippen LogP contribution is 2.12. The Balaban J connectivity index is 1.86. The van der Waals surface area contributed by atoms with Crippen molar-refractivity contribution < 1.29 is 9.53 Å². The van der Waals surface area contributed by atoms with Gasteiger partial charge in [-0.25, -0.2) is 4.79 Å². The molecule has 0 fully saturated rings. The number of rotatable bonds is 2. The van der Waals surface area contributed by atoms with Gasteiger partial charge in [-0.1, -0.05) is 23.7 Å². The van der Waals surface area contributed by atoms with Gasteiger partial charge in [0.15, 0.2) is 0 Å². The Hall–Kier alpha value is -1.75. The van der Waals surface area contributed by atoms with Crippen LogP contribution in [0.3, 0.4) is 0 Å². The molecule has 0 bridgehead atoms. The average molecular weight is 324 g/mol. The summed E-state index contributed by atoms with van der Waals surface area (Å²) in [5, 5.41) is 3.98. The van der Waals surface area contributed by atoms with Crippen LogP contribution in [0.1, 0.15) is 26.3 Å². The van der Waals surface area contributed by atoms with Crippen molar-refractivity contribution in [1.29, 1.82) is 0 Å². The van der Waals surface area contributed by atoms with E-state index in [1.807, 2.05) is 45.0 Å². The molecule has 5 nitrogen and oxygen atoms in total. The Labute approximate surface area is 136 Å². The summed E-state index contributed by atoms with van der Waals surface area (Å²) in [5.74, 6) is 0.798. The summed E-state index contributed by atoms with van der Waals surface area (Å²) < 4.78 is 5.39. The molecule has 0 saturated heterocycles. The first kappa shape index (κ1) is 16.6. The van der Waals surface area contributed by atoms with E-state index in [0.29, 0.717) is 26.2 Å².